The second-order valence-electron chi connectivity index (χ2n) is 7.15. The molecule has 0 unspecified atom stereocenters. The number of thioether (sulfide) groups is 1. The number of nitrogens with zero attached hydrogens (tertiary/aromatic N) is 3. The molecule has 0 aromatic carbocycles. The number of ether oxygens (including phenoxy) is 1. The molecule has 8 heteroatoms. The van der Waals surface area contributed by atoms with Crippen molar-refractivity contribution in [2.45, 2.75) is 49.8 Å². The molecule has 2 aliphatic rings. The van der Waals surface area contributed by atoms with E-state index < -0.39 is 0 Å². The number of carbonyl (C=O) groups is 1. The molecule has 1 atom stereocenters. The summed E-state index contributed by atoms with van der Waals surface area (Å²) in [6.07, 6.45) is 8.43. The van der Waals surface area contributed by atoms with Gasteiger partial charge in [0.2, 0.25) is 5.91 Å². The van der Waals surface area contributed by atoms with E-state index in [2.05, 4.69) is 15.3 Å². The van der Waals surface area contributed by atoms with Crippen LogP contribution in [-0.2, 0) is 28.9 Å². The summed E-state index contributed by atoms with van der Waals surface area (Å²) in [5.41, 5.74) is 2.95. The van der Waals surface area contributed by atoms with Crippen molar-refractivity contribution in [1.29, 1.82) is 0 Å². The van der Waals surface area contributed by atoms with E-state index in [0.717, 1.165) is 55.5 Å². The summed E-state index contributed by atoms with van der Waals surface area (Å²) in [5, 5.41) is 3.62. The molecular weight excluding hydrogens is 376 g/mol. The number of pyridine rings is 1. The predicted molar refractivity (Wildman–Crippen MR) is 107 cm³/mol. The second-order valence-corrected chi connectivity index (χ2v) is 8.11. The van der Waals surface area contributed by atoms with Gasteiger partial charge in [-0.15, -0.1) is 0 Å². The molecule has 1 amide bonds. The molecule has 1 fully saturated rings. The maximum atomic E-state index is 12.7. The van der Waals surface area contributed by atoms with Gasteiger partial charge < -0.3 is 10.1 Å². The molecule has 1 N–H and O–H groups in total. The minimum atomic E-state index is -0.250. The minimum Gasteiger partial charge on any atom is -0.376 e. The Balaban J connectivity index is 1.43. The SMILES string of the molecule is O=C(CSc1nc(=O)n(Cc2ccncc2)c2c1CCC2)NC[C@@H]1CCCO1. The lowest BCUT2D eigenvalue weighted by Crippen LogP contribution is -2.33. The van der Waals surface area contributed by atoms with Crippen LogP contribution < -0.4 is 11.0 Å². The van der Waals surface area contributed by atoms with Crippen LogP contribution in [-0.4, -0.2) is 45.5 Å². The van der Waals surface area contributed by atoms with E-state index in [-0.39, 0.29) is 23.5 Å². The number of hydrogen-bond acceptors (Lipinski definition) is 6. The van der Waals surface area contributed by atoms with Crippen LogP contribution in [0.1, 0.15) is 36.1 Å². The first kappa shape index (κ1) is 19.1. The lowest BCUT2D eigenvalue weighted by molar-refractivity contribution is -0.119. The molecule has 0 saturated carbocycles. The van der Waals surface area contributed by atoms with E-state index >= 15 is 0 Å². The van der Waals surface area contributed by atoms with Gasteiger partial charge in [0.05, 0.1) is 18.4 Å². The Labute approximate surface area is 167 Å². The molecule has 4 rings (SSSR count). The number of fused-ring (bicyclic) bond motifs is 1. The van der Waals surface area contributed by atoms with Gasteiger partial charge in [-0.3, -0.25) is 14.3 Å². The van der Waals surface area contributed by atoms with Gasteiger partial charge in [0.15, 0.2) is 0 Å². The van der Waals surface area contributed by atoms with E-state index in [4.69, 9.17) is 4.74 Å². The van der Waals surface area contributed by atoms with Gasteiger partial charge in [-0.1, -0.05) is 11.8 Å². The fraction of sp³-hybridized carbons (Fsp3) is 0.500. The van der Waals surface area contributed by atoms with Crippen LogP contribution in [0.5, 0.6) is 0 Å². The zero-order valence-electron chi connectivity index (χ0n) is 15.7. The average molecular weight is 401 g/mol. The van der Waals surface area contributed by atoms with Gasteiger partial charge in [0.1, 0.15) is 5.03 Å². The normalized spacial score (nSPS) is 18.2. The van der Waals surface area contributed by atoms with E-state index in [1.54, 1.807) is 17.0 Å². The van der Waals surface area contributed by atoms with Crippen molar-refractivity contribution in [3.05, 3.63) is 51.8 Å². The Morgan fingerprint density at radius 3 is 2.93 bits per heavy atom. The van der Waals surface area contributed by atoms with Crippen molar-refractivity contribution in [3.8, 4) is 0 Å². The van der Waals surface area contributed by atoms with E-state index in [1.807, 2.05) is 12.1 Å². The van der Waals surface area contributed by atoms with Gasteiger partial charge >= 0.3 is 5.69 Å². The predicted octanol–water partition coefficient (Wildman–Crippen LogP) is 1.56. The quantitative estimate of drug-likeness (QED) is 0.561. The summed E-state index contributed by atoms with van der Waals surface area (Å²) in [6, 6.07) is 3.82. The summed E-state index contributed by atoms with van der Waals surface area (Å²) in [4.78, 5) is 33.1. The van der Waals surface area contributed by atoms with Gasteiger partial charge in [0, 0.05) is 36.8 Å². The number of nitrogens with one attached hydrogen (secondary N) is 1. The molecule has 148 valence electrons. The van der Waals surface area contributed by atoms with Crippen LogP contribution in [0, 0.1) is 0 Å². The van der Waals surface area contributed by atoms with Crippen molar-refractivity contribution < 1.29 is 9.53 Å². The Kier molecular flexibility index (Phi) is 6.07. The molecule has 0 spiro atoms. The molecule has 1 aliphatic carbocycles. The van der Waals surface area contributed by atoms with Crippen molar-refractivity contribution in [2.24, 2.45) is 0 Å². The van der Waals surface area contributed by atoms with Crippen LogP contribution in [0.2, 0.25) is 0 Å². The molecule has 7 nitrogen and oxygen atoms in total. The smallest absolute Gasteiger partial charge is 0.349 e. The van der Waals surface area contributed by atoms with Gasteiger partial charge in [-0.05, 0) is 49.8 Å². The standard InChI is InChI=1S/C20H24N4O3S/c25-18(22-11-15-3-2-10-27-15)13-28-19-16-4-1-5-17(16)24(20(26)23-19)12-14-6-8-21-9-7-14/h6-9,15H,1-5,10-13H2,(H,22,25)/t15-/m0/s1. The molecule has 1 saturated heterocycles. The van der Waals surface area contributed by atoms with Gasteiger partial charge in [-0.25, -0.2) is 4.79 Å². The highest BCUT2D eigenvalue weighted by Gasteiger charge is 2.23. The number of carbonyl (C=O) groups excluding carboxylic acids is 1. The van der Waals surface area contributed by atoms with Crippen molar-refractivity contribution in [3.63, 3.8) is 0 Å². The largest absolute Gasteiger partial charge is 0.376 e. The first-order valence-corrected chi connectivity index (χ1v) is 10.7. The third-order valence-corrected chi connectivity index (χ3v) is 6.20. The molecule has 28 heavy (non-hydrogen) atoms. The van der Waals surface area contributed by atoms with Crippen LogP contribution >= 0.6 is 11.8 Å². The zero-order valence-corrected chi connectivity index (χ0v) is 16.5. The summed E-state index contributed by atoms with van der Waals surface area (Å²) < 4.78 is 7.29. The van der Waals surface area contributed by atoms with Crippen molar-refractivity contribution >= 4 is 17.7 Å². The zero-order chi connectivity index (χ0) is 19.3. The highest BCUT2D eigenvalue weighted by molar-refractivity contribution is 7.99. The first-order chi connectivity index (χ1) is 13.7. The molecule has 1 aliphatic heterocycles. The molecule has 3 heterocycles. The fourth-order valence-electron chi connectivity index (χ4n) is 3.76. The average Bonchev–Trinajstić information content (AvgIpc) is 3.40. The van der Waals surface area contributed by atoms with Crippen LogP contribution in [0.25, 0.3) is 0 Å². The Morgan fingerprint density at radius 2 is 2.14 bits per heavy atom. The molecule has 0 radical (unpaired) electrons. The third kappa shape index (κ3) is 4.44. The van der Waals surface area contributed by atoms with E-state index in [1.165, 1.54) is 11.8 Å². The number of amides is 1. The van der Waals surface area contributed by atoms with Crippen LogP contribution in [0.15, 0.2) is 34.3 Å². The topological polar surface area (TPSA) is 86.1 Å². The number of hydrogen-bond donors (Lipinski definition) is 1. The molecule has 2 aromatic heterocycles. The van der Waals surface area contributed by atoms with E-state index in [0.29, 0.717) is 18.1 Å². The summed E-state index contributed by atoms with van der Waals surface area (Å²) in [5.74, 6) is 0.218. The summed E-state index contributed by atoms with van der Waals surface area (Å²) >= 11 is 1.36. The Morgan fingerprint density at radius 1 is 1.29 bits per heavy atom. The maximum absolute atomic E-state index is 12.7. The third-order valence-electron chi connectivity index (χ3n) is 5.18. The number of rotatable bonds is 7. The lowest BCUT2D eigenvalue weighted by atomic mass is 10.2. The fourth-order valence-corrected chi connectivity index (χ4v) is 4.66. The second kappa shape index (κ2) is 8.87. The molecule has 2 aromatic rings. The molecular formula is C20H24N4O3S. The Bertz CT molecular complexity index is 894. The minimum absolute atomic E-state index is 0.0463. The van der Waals surface area contributed by atoms with E-state index in [9.17, 15) is 9.59 Å². The maximum Gasteiger partial charge on any atom is 0.349 e. The van der Waals surface area contributed by atoms with Gasteiger partial charge in [-0.2, -0.15) is 4.98 Å². The summed E-state index contributed by atoms with van der Waals surface area (Å²) in [7, 11) is 0. The van der Waals surface area contributed by atoms with Crippen LogP contribution in [0.3, 0.4) is 0 Å². The lowest BCUT2D eigenvalue weighted by Gasteiger charge is -2.14. The summed E-state index contributed by atoms with van der Waals surface area (Å²) in [6.45, 7) is 1.84. The van der Waals surface area contributed by atoms with Crippen LogP contribution in [0.4, 0.5) is 0 Å². The van der Waals surface area contributed by atoms with Crippen molar-refractivity contribution in [2.75, 3.05) is 18.9 Å². The molecule has 0 bridgehead atoms. The highest BCUT2D eigenvalue weighted by atomic mass is 32.2. The Hall–Kier alpha value is -2.19. The first-order valence-electron chi connectivity index (χ1n) is 9.73. The van der Waals surface area contributed by atoms with Gasteiger partial charge in [0.25, 0.3) is 0 Å². The van der Waals surface area contributed by atoms with Crippen molar-refractivity contribution in [1.82, 2.24) is 19.9 Å². The monoisotopic (exact) mass is 400 g/mol. The number of aromatic nitrogens is 3. The highest BCUT2D eigenvalue weighted by Crippen LogP contribution is 2.29.